The van der Waals surface area contributed by atoms with E-state index in [1.165, 1.54) is 48.5 Å². The number of amides is 8. The predicted molar refractivity (Wildman–Crippen MR) is 317 cm³/mol. The van der Waals surface area contributed by atoms with Gasteiger partial charge < -0.3 is 67.7 Å². The molecule has 0 saturated heterocycles. The lowest BCUT2D eigenvalue weighted by molar-refractivity contribution is -0.142. The molecular weight excluding hydrogens is 1190 g/mol. The van der Waals surface area contributed by atoms with Crippen LogP contribution in [0.5, 0.6) is 23.0 Å². The summed E-state index contributed by atoms with van der Waals surface area (Å²) in [5, 5.41) is 59.1. The van der Waals surface area contributed by atoms with Crippen LogP contribution >= 0.6 is 92.8 Å². The Morgan fingerprint density at radius 1 is 0.443 bits per heavy atom. The predicted octanol–water partition coefficient (Wildman–Crippen LogP) is 15.1. The van der Waals surface area contributed by atoms with E-state index in [4.69, 9.17) is 97.5 Å². The molecule has 0 fully saturated rings. The maximum Gasteiger partial charge on any atom is 0.319 e. The van der Waals surface area contributed by atoms with Crippen molar-refractivity contribution < 1.29 is 49.1 Å². The van der Waals surface area contributed by atoms with Crippen LogP contribution in [0.15, 0.2) is 103 Å². The summed E-state index contributed by atoms with van der Waals surface area (Å²) in [6.45, 7) is 7.68. The minimum Gasteiger partial charge on any atom is -0.505 e. The molecule has 424 valence electrons. The number of benzene rings is 6. The number of aromatic hydroxyl groups is 4. The Morgan fingerprint density at radius 3 is 1.15 bits per heavy atom. The van der Waals surface area contributed by atoms with Gasteiger partial charge in [0.25, 0.3) is 0 Å². The van der Waals surface area contributed by atoms with E-state index in [9.17, 15) is 44.4 Å². The van der Waals surface area contributed by atoms with Crippen molar-refractivity contribution in [2.75, 3.05) is 41.0 Å². The molecule has 0 unspecified atom stereocenters. The molecule has 79 heavy (non-hydrogen) atoms. The number of anilines is 4. The first-order valence-electron chi connectivity index (χ1n) is 23.7. The van der Waals surface area contributed by atoms with Crippen molar-refractivity contribution in [3.8, 4) is 23.0 Å². The molecule has 18 nitrogen and oxygen atoms in total. The van der Waals surface area contributed by atoms with Gasteiger partial charge in [-0.25, -0.2) is 19.2 Å². The quantitative estimate of drug-likeness (QED) is 0.0247. The van der Waals surface area contributed by atoms with Crippen LogP contribution in [0.4, 0.5) is 41.9 Å². The summed E-state index contributed by atoms with van der Waals surface area (Å²) in [7, 11) is 0. The fraction of sp³-hybridized carbons (Fsp3) is 0.226. The number of phenolic OH excluding ortho intramolecular Hbond substituents is 4. The zero-order chi connectivity index (χ0) is 58.6. The fourth-order valence-electron chi connectivity index (χ4n) is 6.10. The van der Waals surface area contributed by atoms with Crippen molar-refractivity contribution in [3.63, 3.8) is 0 Å². The Kier molecular flexibility index (Phi) is 29.6. The summed E-state index contributed by atoms with van der Waals surface area (Å²) in [4.78, 5) is 57.7. The molecule has 0 saturated carbocycles. The van der Waals surface area contributed by atoms with E-state index in [1.54, 1.807) is 6.92 Å². The summed E-state index contributed by atoms with van der Waals surface area (Å²) in [6.07, 6.45) is 3.21. The zero-order valence-electron chi connectivity index (χ0n) is 42.4. The van der Waals surface area contributed by atoms with Crippen LogP contribution in [0.2, 0.25) is 40.2 Å². The Balaban J connectivity index is 0.000000277. The first-order valence-corrected chi connectivity index (χ1v) is 26.7. The van der Waals surface area contributed by atoms with Gasteiger partial charge in [-0.05, 0) is 85.5 Å². The van der Waals surface area contributed by atoms with E-state index in [-0.39, 0.29) is 100 Å². The third-order valence-electron chi connectivity index (χ3n) is 10.1. The number of rotatable bonds is 16. The molecule has 6 aromatic rings. The van der Waals surface area contributed by atoms with Crippen LogP contribution in [0.25, 0.3) is 0 Å². The van der Waals surface area contributed by atoms with Gasteiger partial charge in [-0.2, -0.15) is 0 Å². The summed E-state index contributed by atoms with van der Waals surface area (Å²) in [5.74, 6) is -1.23. The van der Waals surface area contributed by atoms with Crippen molar-refractivity contribution in [2.24, 2.45) is 0 Å². The number of hydrogen-bond donors (Lipinski definition) is 12. The number of esters is 1. The van der Waals surface area contributed by atoms with Crippen LogP contribution in [0.3, 0.4) is 0 Å². The van der Waals surface area contributed by atoms with E-state index < -0.39 is 6.03 Å². The average Bonchev–Trinajstić information content (AvgIpc) is 3.40. The second-order valence-electron chi connectivity index (χ2n) is 16.2. The molecule has 6 aromatic carbocycles. The first-order chi connectivity index (χ1) is 37.5. The van der Waals surface area contributed by atoms with Gasteiger partial charge in [0.15, 0.2) is 23.0 Å². The van der Waals surface area contributed by atoms with Gasteiger partial charge in [0.05, 0.1) is 53.2 Å². The zero-order valence-corrected chi connectivity index (χ0v) is 48.5. The Morgan fingerprint density at radius 2 is 0.785 bits per heavy atom. The molecule has 0 spiro atoms. The molecule has 26 heteroatoms. The highest BCUT2D eigenvalue weighted by molar-refractivity contribution is 6.39. The smallest absolute Gasteiger partial charge is 0.319 e. The first kappa shape index (κ1) is 66.7. The lowest BCUT2D eigenvalue weighted by Crippen LogP contribution is -2.30. The highest BCUT2D eigenvalue weighted by atomic mass is 35.5. The largest absolute Gasteiger partial charge is 0.505 e. The SMILES string of the molecule is CCCCCNC(=O)Nc1cc(Cl)c(O)c(Cl)c1.CCOC(=O)CCNC(=O)Nc1cc(Cl)c(O)c(Cl)c1.Cc1ccccc1CNC(=O)Nc1cc(Cl)c(O)c(Cl)c1.O=C(NCc1ccccc1)Nc1cc(Cl)c(O)c(Cl)c1. The van der Waals surface area contributed by atoms with Crippen LogP contribution in [0.1, 0.15) is 56.2 Å². The van der Waals surface area contributed by atoms with Gasteiger partial charge in [-0.1, -0.05) is 167 Å². The molecule has 0 atom stereocenters. The van der Waals surface area contributed by atoms with Gasteiger partial charge in [0.1, 0.15) is 0 Å². The van der Waals surface area contributed by atoms with Crippen molar-refractivity contribution in [1.29, 1.82) is 0 Å². The lowest BCUT2D eigenvalue weighted by atomic mass is 10.1. The molecule has 0 radical (unpaired) electrons. The lowest BCUT2D eigenvalue weighted by Gasteiger charge is -2.10. The number of unbranched alkanes of at least 4 members (excludes halogenated alkanes) is 2. The van der Waals surface area contributed by atoms with Crippen molar-refractivity contribution in [2.45, 2.75) is 59.5 Å². The summed E-state index contributed by atoms with van der Waals surface area (Å²) >= 11 is 46.0. The average molecular weight is 1250 g/mol. The minimum atomic E-state index is -0.521. The second kappa shape index (κ2) is 35.1. The molecule has 0 aromatic heterocycles. The number of carbonyl (C=O) groups is 5. The highest BCUT2D eigenvalue weighted by Gasteiger charge is 2.13. The Hall–Kier alpha value is -6.61. The van der Waals surface area contributed by atoms with Gasteiger partial charge in [0, 0.05) is 48.9 Å². The summed E-state index contributed by atoms with van der Waals surface area (Å²) < 4.78 is 4.71. The minimum absolute atomic E-state index is 0.0272. The van der Waals surface area contributed by atoms with Crippen LogP contribution in [-0.2, 0) is 22.6 Å². The van der Waals surface area contributed by atoms with E-state index >= 15 is 0 Å². The topological polar surface area (TPSA) is 272 Å². The number of aryl methyl sites for hydroxylation is 1. The van der Waals surface area contributed by atoms with E-state index in [0.717, 1.165) is 36.0 Å². The summed E-state index contributed by atoms with van der Waals surface area (Å²) in [5.41, 5.74) is 4.71. The molecule has 0 bridgehead atoms. The van der Waals surface area contributed by atoms with Gasteiger partial charge >= 0.3 is 30.1 Å². The fourth-order valence-corrected chi connectivity index (χ4v) is 8.05. The van der Waals surface area contributed by atoms with Crippen molar-refractivity contribution in [1.82, 2.24) is 21.3 Å². The Bertz CT molecular complexity index is 2930. The second-order valence-corrected chi connectivity index (χ2v) is 19.5. The standard InChI is InChI=1S/C15H14Cl2N2O2.C14H12Cl2N2O2.C12H14Cl2N2O4.C12H16Cl2N2O2/c1-9-4-2-3-5-10(9)8-18-15(21)19-11-6-12(16)14(20)13(17)7-11;15-11-6-10(7-12(16)13(11)19)18-14(20)17-8-9-4-2-1-3-5-9;1-2-20-10(17)3-4-15-12(19)16-7-5-8(13)11(18)9(14)6-7;1-2-3-4-5-15-12(18)16-8-6-9(13)11(17)10(14)7-8/h2-7,20H,8H2,1H3,(H2,18,19,21);1-7,19H,8H2,(H2,17,18,20);5-6,18H,2-4H2,1H3,(H2,15,16,19);6-7,17H,2-5H2,1H3,(H2,15,16,18). The van der Waals surface area contributed by atoms with E-state index in [2.05, 4.69) is 49.5 Å². The maximum atomic E-state index is 11.8. The number of ether oxygens (including phenoxy) is 1. The Labute approximate surface area is 496 Å². The van der Waals surface area contributed by atoms with Gasteiger partial charge in [0.2, 0.25) is 0 Å². The number of carbonyl (C=O) groups excluding carboxylic acids is 5. The molecule has 0 aliphatic carbocycles. The van der Waals surface area contributed by atoms with Crippen molar-refractivity contribution >= 4 is 146 Å². The number of urea groups is 4. The van der Waals surface area contributed by atoms with Gasteiger partial charge in [-0.3, -0.25) is 4.79 Å². The molecule has 6 rings (SSSR count). The number of halogens is 8. The van der Waals surface area contributed by atoms with Crippen LogP contribution in [-0.4, -0.2) is 70.2 Å². The molecule has 0 aliphatic heterocycles. The molecule has 0 heterocycles. The van der Waals surface area contributed by atoms with E-state index in [0.29, 0.717) is 49.0 Å². The van der Waals surface area contributed by atoms with Crippen LogP contribution in [0, 0.1) is 6.92 Å². The monoisotopic (exact) mass is 1240 g/mol. The number of nitrogens with one attached hydrogen (secondary N) is 8. The molecule has 8 amide bonds. The molecule has 0 aliphatic rings. The molecule has 12 N–H and O–H groups in total. The summed E-state index contributed by atoms with van der Waals surface area (Å²) in [6, 6.07) is 27.0. The van der Waals surface area contributed by atoms with Gasteiger partial charge in [-0.15, -0.1) is 0 Å². The normalized spacial score (nSPS) is 10.1. The van der Waals surface area contributed by atoms with Crippen molar-refractivity contribution in [3.05, 3.63) is 160 Å². The third kappa shape index (κ3) is 24.9. The highest BCUT2D eigenvalue weighted by Crippen LogP contribution is 2.37. The maximum absolute atomic E-state index is 11.8. The third-order valence-corrected chi connectivity index (χ3v) is 12.4. The number of phenols is 4. The van der Waals surface area contributed by atoms with Crippen LogP contribution < -0.4 is 42.5 Å². The van der Waals surface area contributed by atoms with E-state index in [1.807, 2.05) is 61.5 Å². The molecular formula is C53H56Cl8N8O10. The number of hydrogen-bond acceptors (Lipinski definition) is 10.